The molecule has 1 rings (SSSR count). The van der Waals surface area contributed by atoms with Crippen LogP contribution in [-0.4, -0.2) is 31.2 Å². The van der Waals surface area contributed by atoms with Crippen molar-refractivity contribution in [2.75, 3.05) is 0 Å². The molecule has 0 aromatic heterocycles. The van der Waals surface area contributed by atoms with E-state index < -0.39 is 27.3 Å². The Bertz CT molecular complexity index is 725. The predicted molar refractivity (Wildman–Crippen MR) is 74.4 cm³/mol. The van der Waals surface area contributed by atoms with Crippen molar-refractivity contribution in [1.82, 2.24) is 0 Å². The normalized spacial score (nSPS) is 12.4. The zero-order valence-corrected chi connectivity index (χ0v) is 13.0. The minimum absolute atomic E-state index is 0.0238. The van der Waals surface area contributed by atoms with Gasteiger partial charge in [-0.05, 0) is 17.7 Å². The fourth-order valence-electron chi connectivity index (χ4n) is 1.55. The van der Waals surface area contributed by atoms with Gasteiger partial charge < -0.3 is 14.3 Å². The first-order valence-corrected chi connectivity index (χ1v) is 7.56. The maximum atomic E-state index is 11.2. The minimum atomic E-state index is -4.74. The maximum Gasteiger partial charge on any atom is 0.308 e. The van der Waals surface area contributed by atoms with Crippen LogP contribution < -0.4 is 9.47 Å². The van der Waals surface area contributed by atoms with E-state index in [1.54, 1.807) is 0 Å². The Kier molecular flexibility index (Phi) is 5.64. The van der Waals surface area contributed by atoms with E-state index in [9.17, 15) is 22.8 Å². The van der Waals surface area contributed by atoms with E-state index in [1.807, 2.05) is 0 Å². The van der Waals surface area contributed by atoms with E-state index in [-0.39, 0.29) is 28.4 Å². The van der Waals surface area contributed by atoms with Crippen LogP contribution in [0.5, 0.6) is 11.5 Å². The Morgan fingerprint density at radius 2 is 1.77 bits per heavy atom. The van der Waals surface area contributed by atoms with E-state index in [2.05, 4.69) is 0 Å². The van der Waals surface area contributed by atoms with Crippen LogP contribution in [-0.2, 0) is 24.5 Å². The number of ether oxygens (including phenoxy) is 2. The second-order valence-corrected chi connectivity index (χ2v) is 6.03. The highest BCUT2D eigenvalue weighted by atomic mass is 35.5. The van der Waals surface area contributed by atoms with E-state index in [0.717, 1.165) is 26.0 Å². The molecule has 1 aromatic rings. The van der Waals surface area contributed by atoms with Gasteiger partial charge in [0.25, 0.3) is 10.1 Å². The third kappa shape index (κ3) is 4.52. The number of esters is 2. The van der Waals surface area contributed by atoms with Crippen LogP contribution in [0.25, 0.3) is 0 Å². The summed E-state index contributed by atoms with van der Waals surface area (Å²) in [7, 11) is -4.74. The van der Waals surface area contributed by atoms with Gasteiger partial charge in [0.1, 0.15) is 6.29 Å². The van der Waals surface area contributed by atoms with Crippen molar-refractivity contribution in [3.8, 4) is 11.5 Å². The summed E-state index contributed by atoms with van der Waals surface area (Å²) in [6.45, 7) is 2.13. The molecule has 8 nitrogen and oxygen atoms in total. The lowest BCUT2D eigenvalue weighted by molar-refractivity contribution is -0.134. The van der Waals surface area contributed by atoms with E-state index in [4.69, 9.17) is 25.6 Å². The summed E-state index contributed by atoms with van der Waals surface area (Å²) in [6.07, 6.45) is -0.0238. The molecular formula is C12H11ClO8S. The summed E-state index contributed by atoms with van der Waals surface area (Å²) < 4.78 is 40.9. The Labute approximate surface area is 130 Å². The van der Waals surface area contributed by atoms with Gasteiger partial charge in [-0.3, -0.25) is 14.1 Å². The number of hydrogen-bond acceptors (Lipinski definition) is 7. The molecule has 1 aromatic carbocycles. The van der Waals surface area contributed by atoms with Crippen molar-refractivity contribution in [3.63, 3.8) is 0 Å². The lowest BCUT2D eigenvalue weighted by Gasteiger charge is -2.14. The van der Waals surface area contributed by atoms with E-state index in [0.29, 0.717) is 0 Å². The van der Waals surface area contributed by atoms with E-state index in [1.165, 1.54) is 0 Å². The molecule has 1 unspecified atom stereocenters. The first-order chi connectivity index (χ1) is 10.1. The van der Waals surface area contributed by atoms with Gasteiger partial charge in [0, 0.05) is 13.8 Å². The zero-order valence-electron chi connectivity index (χ0n) is 11.4. The predicted octanol–water partition coefficient (Wildman–Crippen LogP) is 1.32. The molecule has 22 heavy (non-hydrogen) atoms. The molecule has 0 bridgehead atoms. The number of benzene rings is 1. The monoisotopic (exact) mass is 350 g/mol. The molecule has 1 atom stereocenters. The van der Waals surface area contributed by atoms with Gasteiger partial charge in [0.05, 0.1) is 5.02 Å². The highest BCUT2D eigenvalue weighted by Crippen LogP contribution is 2.39. The molecule has 0 fully saturated rings. The molecule has 1 N–H and O–H groups in total. The lowest BCUT2D eigenvalue weighted by Crippen LogP contribution is -2.15. The smallest absolute Gasteiger partial charge is 0.308 e. The second kappa shape index (κ2) is 6.86. The third-order valence-electron chi connectivity index (χ3n) is 2.30. The molecule has 0 heterocycles. The van der Waals surface area contributed by atoms with Crippen molar-refractivity contribution < 1.29 is 36.8 Å². The molecule has 0 spiro atoms. The van der Waals surface area contributed by atoms with Gasteiger partial charge in [-0.2, -0.15) is 8.42 Å². The fraction of sp³-hybridized carbons (Fsp3) is 0.250. The Hall–Kier alpha value is -1.97. The fourth-order valence-corrected chi connectivity index (χ4v) is 2.42. The second-order valence-electron chi connectivity index (χ2n) is 4.09. The summed E-state index contributed by atoms with van der Waals surface area (Å²) in [5.74, 6) is -2.23. The number of rotatable bonds is 5. The molecule has 0 saturated heterocycles. The van der Waals surface area contributed by atoms with Crippen molar-refractivity contribution in [2.45, 2.75) is 19.1 Å². The number of hydrogen-bond donors (Lipinski definition) is 1. The van der Waals surface area contributed by atoms with Crippen molar-refractivity contribution in [2.24, 2.45) is 0 Å². The number of halogens is 1. The van der Waals surface area contributed by atoms with Crippen molar-refractivity contribution >= 4 is 39.9 Å². The van der Waals surface area contributed by atoms with Crippen molar-refractivity contribution in [3.05, 3.63) is 22.7 Å². The van der Waals surface area contributed by atoms with Gasteiger partial charge >= 0.3 is 11.9 Å². The Morgan fingerprint density at radius 1 is 1.23 bits per heavy atom. The maximum absolute atomic E-state index is 11.2. The van der Waals surface area contributed by atoms with Gasteiger partial charge in [-0.15, -0.1) is 0 Å². The zero-order chi connectivity index (χ0) is 17.1. The van der Waals surface area contributed by atoms with Crippen LogP contribution in [0.2, 0.25) is 5.02 Å². The van der Waals surface area contributed by atoms with Crippen molar-refractivity contribution in [1.29, 1.82) is 0 Å². The number of aldehydes is 1. The molecule has 0 aliphatic heterocycles. The number of carbonyl (C=O) groups is 3. The van der Waals surface area contributed by atoms with Crippen LogP contribution >= 0.6 is 11.6 Å². The molecule has 0 saturated carbocycles. The third-order valence-corrected chi connectivity index (χ3v) is 3.61. The molecule has 0 amide bonds. The van der Waals surface area contributed by atoms with Crippen LogP contribution in [0, 0.1) is 0 Å². The summed E-state index contributed by atoms with van der Waals surface area (Å²) >= 11 is 5.85. The Morgan fingerprint density at radius 3 is 2.18 bits per heavy atom. The first-order valence-electron chi connectivity index (χ1n) is 5.68. The van der Waals surface area contributed by atoms with Crippen LogP contribution in [0.3, 0.4) is 0 Å². The Balaban J connectivity index is 3.52. The van der Waals surface area contributed by atoms with Gasteiger partial charge in [0.2, 0.25) is 0 Å². The quantitative estimate of drug-likeness (QED) is 0.365. The first kappa shape index (κ1) is 18.1. The van der Waals surface area contributed by atoms with Gasteiger partial charge in [-0.1, -0.05) is 11.6 Å². The van der Waals surface area contributed by atoms with E-state index >= 15 is 0 Å². The van der Waals surface area contributed by atoms with Gasteiger partial charge in [-0.25, -0.2) is 0 Å². The highest BCUT2D eigenvalue weighted by Gasteiger charge is 2.28. The summed E-state index contributed by atoms with van der Waals surface area (Å²) in [5, 5.41) is -2.20. The summed E-state index contributed by atoms with van der Waals surface area (Å²) in [5.41, 5.74) is -0.255. The van der Waals surface area contributed by atoms with Crippen LogP contribution in [0.1, 0.15) is 24.7 Å². The molecule has 120 valence electrons. The topological polar surface area (TPSA) is 124 Å². The minimum Gasteiger partial charge on any atom is -0.423 e. The SMILES string of the molecule is CC(=O)Oc1cc(C(C=O)S(=O)(=O)O)cc(Cl)c1OC(C)=O. The largest absolute Gasteiger partial charge is 0.423 e. The lowest BCUT2D eigenvalue weighted by atomic mass is 10.1. The molecule has 0 radical (unpaired) electrons. The van der Waals surface area contributed by atoms with Crippen LogP contribution in [0.4, 0.5) is 0 Å². The van der Waals surface area contributed by atoms with Gasteiger partial charge in [0.15, 0.2) is 16.7 Å². The molecule has 10 heteroatoms. The molecule has 0 aliphatic carbocycles. The average Bonchev–Trinajstić information content (AvgIpc) is 2.31. The number of carbonyl (C=O) groups excluding carboxylic acids is 3. The standard InChI is InChI=1S/C12H11ClO8S/c1-6(15)20-10-4-8(11(5-14)22(17,18)19)3-9(13)12(10)21-7(2)16/h3-5,11H,1-2H3,(H,17,18,19). The van der Waals surface area contributed by atoms with Crippen LogP contribution in [0.15, 0.2) is 12.1 Å². The molecular weight excluding hydrogens is 340 g/mol. The summed E-state index contributed by atoms with van der Waals surface area (Å²) in [4.78, 5) is 33.0. The summed E-state index contributed by atoms with van der Waals surface area (Å²) in [6, 6.07) is 1.96. The average molecular weight is 351 g/mol. The highest BCUT2D eigenvalue weighted by molar-refractivity contribution is 7.86. The molecule has 0 aliphatic rings.